The van der Waals surface area contributed by atoms with Crippen molar-refractivity contribution in [2.24, 2.45) is 0 Å². The highest BCUT2D eigenvalue weighted by Gasteiger charge is 2.29. The van der Waals surface area contributed by atoms with Crippen molar-refractivity contribution >= 4 is 9.84 Å². The van der Waals surface area contributed by atoms with Crippen LogP contribution in [-0.4, -0.2) is 32.6 Å². The summed E-state index contributed by atoms with van der Waals surface area (Å²) in [7, 11) is -2.89. The van der Waals surface area contributed by atoms with Crippen molar-refractivity contribution in [1.82, 2.24) is 5.32 Å². The van der Waals surface area contributed by atoms with Crippen molar-refractivity contribution in [2.45, 2.75) is 26.0 Å². The molecule has 1 aliphatic heterocycles. The summed E-state index contributed by atoms with van der Waals surface area (Å²) in [5.41, 5.74) is 1.07. The number of hydrogen-bond acceptors (Lipinski definition) is 4. The zero-order chi connectivity index (χ0) is 13.0. The van der Waals surface area contributed by atoms with Gasteiger partial charge in [0.25, 0.3) is 0 Å². The molecule has 0 spiro atoms. The van der Waals surface area contributed by atoms with Gasteiger partial charge in [0.2, 0.25) is 0 Å². The lowest BCUT2D eigenvalue weighted by molar-refractivity contribution is 0.226. The van der Waals surface area contributed by atoms with Crippen molar-refractivity contribution < 1.29 is 13.2 Å². The molecule has 1 heterocycles. The molecule has 5 heteroatoms. The molecule has 18 heavy (non-hydrogen) atoms. The Hall–Kier alpha value is -1.07. The number of sulfone groups is 1. The van der Waals surface area contributed by atoms with Crippen LogP contribution in [0, 0.1) is 0 Å². The molecule has 1 atom stereocenters. The zero-order valence-corrected chi connectivity index (χ0v) is 11.4. The second kappa shape index (κ2) is 5.71. The lowest BCUT2D eigenvalue weighted by Gasteiger charge is -2.15. The first-order valence-corrected chi connectivity index (χ1v) is 8.08. The van der Waals surface area contributed by atoms with Crippen molar-refractivity contribution in [2.75, 3.05) is 18.1 Å². The van der Waals surface area contributed by atoms with Gasteiger partial charge < -0.3 is 10.1 Å². The second-order valence-corrected chi connectivity index (χ2v) is 6.76. The maximum Gasteiger partial charge on any atom is 0.154 e. The van der Waals surface area contributed by atoms with Gasteiger partial charge in [-0.1, -0.05) is 25.1 Å². The normalized spacial score (nSPS) is 21.9. The number of hydrogen-bond donors (Lipinski definition) is 1. The molecular formula is C13H19NO3S. The molecule has 0 bridgehead atoms. The average molecular weight is 269 g/mol. The van der Waals surface area contributed by atoms with E-state index in [9.17, 15) is 8.42 Å². The molecule has 1 aromatic carbocycles. The largest absolute Gasteiger partial charge is 0.489 e. The highest BCUT2D eigenvalue weighted by atomic mass is 32.2. The maximum absolute atomic E-state index is 11.4. The Morgan fingerprint density at radius 3 is 2.83 bits per heavy atom. The summed E-state index contributed by atoms with van der Waals surface area (Å²) in [5, 5.41) is 3.25. The van der Waals surface area contributed by atoms with Crippen LogP contribution < -0.4 is 10.1 Å². The maximum atomic E-state index is 11.4. The van der Waals surface area contributed by atoms with Gasteiger partial charge in [-0.05, 0) is 19.0 Å². The quantitative estimate of drug-likeness (QED) is 0.877. The van der Waals surface area contributed by atoms with E-state index in [4.69, 9.17) is 4.74 Å². The fourth-order valence-corrected chi connectivity index (χ4v) is 3.65. The van der Waals surface area contributed by atoms with Gasteiger partial charge in [0.05, 0.1) is 11.5 Å². The number of ether oxygens (including phenoxy) is 1. The van der Waals surface area contributed by atoms with E-state index in [1.807, 2.05) is 31.2 Å². The van der Waals surface area contributed by atoms with E-state index in [1.165, 1.54) is 0 Å². The van der Waals surface area contributed by atoms with E-state index >= 15 is 0 Å². The Kier molecular flexibility index (Phi) is 4.24. The fraction of sp³-hybridized carbons (Fsp3) is 0.538. The first-order chi connectivity index (χ1) is 8.61. The molecule has 2 rings (SSSR count). The summed E-state index contributed by atoms with van der Waals surface area (Å²) in [6.45, 7) is 3.69. The fourth-order valence-electron chi connectivity index (χ4n) is 2.06. The van der Waals surface area contributed by atoms with Crippen molar-refractivity contribution in [1.29, 1.82) is 0 Å². The summed E-state index contributed by atoms with van der Waals surface area (Å²) in [6, 6.07) is 7.78. The minimum Gasteiger partial charge on any atom is -0.489 e. The minimum atomic E-state index is -2.89. The number of benzene rings is 1. The third-order valence-corrected chi connectivity index (χ3v) is 4.76. The first kappa shape index (κ1) is 13.4. The second-order valence-electron chi connectivity index (χ2n) is 4.53. The molecule has 4 nitrogen and oxygen atoms in total. The van der Waals surface area contributed by atoms with Crippen molar-refractivity contribution in [3.8, 4) is 5.75 Å². The summed E-state index contributed by atoms with van der Waals surface area (Å²) in [5.74, 6) is 1.18. The minimum absolute atomic E-state index is 0.141. The van der Waals surface area contributed by atoms with Gasteiger partial charge in [0, 0.05) is 12.1 Å². The van der Waals surface area contributed by atoms with E-state index in [-0.39, 0.29) is 17.6 Å². The van der Waals surface area contributed by atoms with Crippen LogP contribution in [0.5, 0.6) is 5.75 Å². The van der Waals surface area contributed by atoms with Crippen LogP contribution in [-0.2, 0) is 16.4 Å². The summed E-state index contributed by atoms with van der Waals surface area (Å²) in [6.07, 6.45) is 0.399. The molecule has 1 fully saturated rings. The molecule has 0 aromatic heterocycles. The third kappa shape index (κ3) is 3.46. The van der Waals surface area contributed by atoms with Crippen LogP contribution in [0.4, 0.5) is 0 Å². The summed E-state index contributed by atoms with van der Waals surface area (Å²) < 4.78 is 28.6. The van der Waals surface area contributed by atoms with Gasteiger partial charge in [-0.15, -0.1) is 0 Å². The molecule has 1 aliphatic rings. The molecule has 1 aromatic rings. The number of para-hydroxylation sites is 1. The van der Waals surface area contributed by atoms with Gasteiger partial charge in [-0.2, -0.15) is 0 Å². The summed E-state index contributed by atoms with van der Waals surface area (Å²) in [4.78, 5) is 0. The van der Waals surface area contributed by atoms with Crippen LogP contribution in [0.1, 0.15) is 18.9 Å². The predicted molar refractivity (Wildman–Crippen MR) is 71.5 cm³/mol. The van der Waals surface area contributed by atoms with E-state index in [0.29, 0.717) is 6.42 Å². The van der Waals surface area contributed by atoms with Gasteiger partial charge in [-0.3, -0.25) is 0 Å². The van der Waals surface area contributed by atoms with Gasteiger partial charge in [0.1, 0.15) is 11.9 Å². The van der Waals surface area contributed by atoms with E-state index < -0.39 is 9.84 Å². The number of rotatable bonds is 5. The Bertz CT molecular complexity index is 499. The lowest BCUT2D eigenvalue weighted by atomic mass is 10.2. The monoisotopic (exact) mass is 269 g/mol. The van der Waals surface area contributed by atoms with Crippen LogP contribution in [0.2, 0.25) is 0 Å². The lowest BCUT2D eigenvalue weighted by Crippen LogP contribution is -2.19. The molecule has 100 valence electrons. The molecular weight excluding hydrogens is 250 g/mol. The van der Waals surface area contributed by atoms with E-state index in [0.717, 1.165) is 24.4 Å². The Morgan fingerprint density at radius 2 is 2.17 bits per heavy atom. The SMILES string of the molecule is CCNCc1ccccc1OC1CCS(=O)(=O)C1. The highest BCUT2D eigenvalue weighted by molar-refractivity contribution is 7.91. The number of nitrogens with one attached hydrogen (secondary N) is 1. The molecule has 0 saturated carbocycles. The molecule has 0 aliphatic carbocycles. The molecule has 0 amide bonds. The van der Waals surface area contributed by atoms with Crippen molar-refractivity contribution in [3.05, 3.63) is 29.8 Å². The zero-order valence-electron chi connectivity index (χ0n) is 10.6. The topological polar surface area (TPSA) is 55.4 Å². The first-order valence-electron chi connectivity index (χ1n) is 6.26. The Labute approximate surface area is 108 Å². The van der Waals surface area contributed by atoms with Crippen molar-refractivity contribution in [3.63, 3.8) is 0 Å². The van der Waals surface area contributed by atoms with Gasteiger partial charge >= 0.3 is 0 Å². The molecule has 1 saturated heterocycles. The predicted octanol–water partition coefficient (Wildman–Crippen LogP) is 1.36. The Morgan fingerprint density at radius 1 is 1.39 bits per heavy atom. The molecule has 0 radical (unpaired) electrons. The van der Waals surface area contributed by atoms with Gasteiger partial charge in [-0.25, -0.2) is 8.42 Å². The molecule has 1 N–H and O–H groups in total. The Balaban J connectivity index is 2.05. The highest BCUT2D eigenvalue weighted by Crippen LogP contribution is 2.23. The summed E-state index contributed by atoms with van der Waals surface area (Å²) >= 11 is 0. The van der Waals surface area contributed by atoms with Crippen LogP contribution >= 0.6 is 0 Å². The average Bonchev–Trinajstić information content (AvgIpc) is 2.68. The third-order valence-electron chi connectivity index (χ3n) is 3.02. The van der Waals surface area contributed by atoms with Crippen LogP contribution in [0.15, 0.2) is 24.3 Å². The molecule has 1 unspecified atom stereocenters. The smallest absolute Gasteiger partial charge is 0.154 e. The standard InChI is InChI=1S/C13H19NO3S/c1-2-14-9-11-5-3-4-6-13(11)17-12-7-8-18(15,16)10-12/h3-6,12,14H,2,7-10H2,1H3. The van der Waals surface area contributed by atoms with Crippen LogP contribution in [0.25, 0.3) is 0 Å². The van der Waals surface area contributed by atoms with E-state index in [2.05, 4.69) is 5.32 Å². The van der Waals surface area contributed by atoms with Crippen LogP contribution in [0.3, 0.4) is 0 Å². The van der Waals surface area contributed by atoms with Gasteiger partial charge in [0.15, 0.2) is 9.84 Å². The van der Waals surface area contributed by atoms with E-state index in [1.54, 1.807) is 0 Å².